The largest absolute Gasteiger partial charge is 0.311 e. The first-order chi connectivity index (χ1) is 25.7. The summed E-state index contributed by atoms with van der Waals surface area (Å²) >= 11 is 1.63. The van der Waals surface area contributed by atoms with E-state index in [0.29, 0.717) is 0 Å². The minimum atomic E-state index is 0.872. The molecule has 0 fully saturated rings. The molecule has 5 aromatic carbocycles. The van der Waals surface area contributed by atoms with Crippen molar-refractivity contribution < 1.29 is 0 Å². The van der Waals surface area contributed by atoms with Crippen LogP contribution in [0.1, 0.15) is 0 Å². The summed E-state index contributed by atoms with van der Waals surface area (Å²) in [5, 5.41) is 1.05. The van der Waals surface area contributed by atoms with Crippen LogP contribution in [0.15, 0.2) is 159 Å². The molecule has 9 heteroatoms. The van der Waals surface area contributed by atoms with Gasteiger partial charge in [-0.25, -0.2) is 15.0 Å². The van der Waals surface area contributed by atoms with Gasteiger partial charge in [0.05, 0.1) is 38.0 Å². The first-order valence-corrected chi connectivity index (χ1v) is 17.6. The summed E-state index contributed by atoms with van der Waals surface area (Å²) in [6, 6.07) is 42.3. The summed E-state index contributed by atoms with van der Waals surface area (Å²) < 4.78 is 1.03. The molecule has 0 bridgehead atoms. The molecule has 244 valence electrons. The van der Waals surface area contributed by atoms with Crippen molar-refractivity contribution in [3.63, 3.8) is 0 Å². The molecule has 52 heavy (non-hydrogen) atoms. The van der Waals surface area contributed by atoms with Crippen LogP contribution in [0, 0.1) is 0 Å². The summed E-state index contributed by atoms with van der Waals surface area (Å²) in [6.07, 6.45) is 10.4. The van der Waals surface area contributed by atoms with E-state index in [1.807, 2.05) is 24.4 Å². The predicted octanol–water partition coefficient (Wildman–Crippen LogP) is 10.6. The van der Waals surface area contributed by atoms with E-state index in [1.165, 1.54) is 0 Å². The molecule has 0 saturated carbocycles. The van der Waals surface area contributed by atoms with Crippen molar-refractivity contribution in [3.05, 3.63) is 159 Å². The Kier molecular flexibility index (Phi) is 7.14. The molecule has 5 aromatic heterocycles. The number of anilines is 3. The van der Waals surface area contributed by atoms with Crippen molar-refractivity contribution in [1.29, 1.82) is 0 Å². The lowest BCUT2D eigenvalue weighted by Gasteiger charge is -2.26. The number of aromatic nitrogens is 7. The van der Waals surface area contributed by atoms with Crippen molar-refractivity contribution in [2.45, 2.75) is 0 Å². The fraction of sp³-hybridized carbons (Fsp3) is 0. The number of nitrogens with zero attached hydrogens (tertiary/aromatic N) is 8. The third-order valence-corrected chi connectivity index (χ3v) is 10.4. The summed E-state index contributed by atoms with van der Waals surface area (Å²) in [5.41, 5.74) is 13.8. The van der Waals surface area contributed by atoms with Gasteiger partial charge in [-0.15, -0.1) is 11.3 Å². The average Bonchev–Trinajstić information content (AvgIpc) is 3.61. The second-order valence-corrected chi connectivity index (χ2v) is 13.4. The zero-order valence-corrected chi connectivity index (χ0v) is 28.3. The highest BCUT2D eigenvalue weighted by molar-refractivity contribution is 7.25. The molecule has 0 radical (unpaired) electrons. The Labute approximate surface area is 301 Å². The van der Waals surface area contributed by atoms with Gasteiger partial charge in [-0.3, -0.25) is 19.9 Å². The van der Waals surface area contributed by atoms with E-state index < -0.39 is 0 Å². The Morgan fingerprint density at radius 3 is 1.46 bits per heavy atom. The summed E-state index contributed by atoms with van der Waals surface area (Å²) in [5.74, 6) is 0. The van der Waals surface area contributed by atoms with Gasteiger partial charge in [-0.2, -0.15) is 0 Å². The topological polar surface area (TPSA) is 93.5 Å². The second kappa shape index (κ2) is 12.4. The van der Waals surface area contributed by atoms with Crippen LogP contribution < -0.4 is 4.90 Å². The number of benzene rings is 5. The number of fused-ring (bicyclic) bond motifs is 5. The van der Waals surface area contributed by atoms with Crippen LogP contribution in [-0.4, -0.2) is 34.9 Å². The van der Waals surface area contributed by atoms with Gasteiger partial charge in [0.25, 0.3) is 0 Å². The highest BCUT2D eigenvalue weighted by atomic mass is 32.1. The zero-order chi connectivity index (χ0) is 34.4. The van der Waals surface area contributed by atoms with Gasteiger partial charge in [0, 0.05) is 59.0 Å². The molecule has 10 aromatic rings. The van der Waals surface area contributed by atoms with Crippen molar-refractivity contribution in [2.75, 3.05) is 4.90 Å². The van der Waals surface area contributed by atoms with Crippen molar-refractivity contribution in [1.82, 2.24) is 34.9 Å². The number of pyridine rings is 1. The summed E-state index contributed by atoms with van der Waals surface area (Å²) in [4.78, 5) is 35.0. The molecular formula is C43H26N8S. The fourth-order valence-electron chi connectivity index (χ4n) is 6.72. The van der Waals surface area contributed by atoms with Gasteiger partial charge < -0.3 is 4.90 Å². The van der Waals surface area contributed by atoms with Crippen LogP contribution in [0.2, 0.25) is 0 Å². The maximum absolute atomic E-state index is 4.72. The number of hydrogen-bond donors (Lipinski definition) is 0. The average molecular weight is 687 g/mol. The van der Waals surface area contributed by atoms with E-state index in [9.17, 15) is 0 Å². The van der Waals surface area contributed by atoms with Crippen molar-refractivity contribution >= 4 is 70.9 Å². The van der Waals surface area contributed by atoms with Gasteiger partial charge in [-0.05, 0) is 95.1 Å². The molecule has 0 spiro atoms. The molecule has 0 unspecified atom stereocenters. The van der Waals surface area contributed by atoms with Gasteiger partial charge in [0.2, 0.25) is 0 Å². The van der Waals surface area contributed by atoms with E-state index >= 15 is 0 Å². The minimum absolute atomic E-state index is 0.872. The second-order valence-electron chi connectivity index (χ2n) is 12.4. The van der Waals surface area contributed by atoms with E-state index in [0.717, 1.165) is 93.1 Å². The van der Waals surface area contributed by atoms with Gasteiger partial charge in [0.1, 0.15) is 11.2 Å². The molecule has 0 saturated heterocycles. The van der Waals surface area contributed by atoms with Crippen LogP contribution in [0.25, 0.3) is 76.0 Å². The molecule has 0 aliphatic carbocycles. The highest BCUT2D eigenvalue weighted by Gasteiger charge is 2.17. The van der Waals surface area contributed by atoms with E-state index in [4.69, 9.17) is 4.98 Å². The fourth-order valence-corrected chi connectivity index (χ4v) is 7.83. The van der Waals surface area contributed by atoms with Crippen LogP contribution in [0.3, 0.4) is 0 Å². The Balaban J connectivity index is 1.04. The quantitative estimate of drug-likeness (QED) is 0.171. The Morgan fingerprint density at radius 1 is 0.404 bits per heavy atom. The molecule has 0 aliphatic heterocycles. The van der Waals surface area contributed by atoms with Crippen molar-refractivity contribution in [3.8, 4) is 33.5 Å². The molecule has 8 nitrogen and oxygen atoms in total. The first-order valence-electron chi connectivity index (χ1n) is 16.8. The molecule has 0 aliphatic rings. The Morgan fingerprint density at radius 2 is 0.904 bits per heavy atom. The molecular weight excluding hydrogens is 661 g/mol. The molecule has 0 amide bonds. The lowest BCUT2D eigenvalue weighted by atomic mass is 10.0. The Bertz CT molecular complexity index is 2780. The summed E-state index contributed by atoms with van der Waals surface area (Å²) in [6.45, 7) is 0. The maximum Gasteiger partial charge on any atom is 0.126 e. The minimum Gasteiger partial charge on any atom is -0.311 e. The molecule has 5 heterocycles. The zero-order valence-electron chi connectivity index (χ0n) is 27.5. The lowest BCUT2D eigenvalue weighted by Crippen LogP contribution is -2.09. The molecule has 10 rings (SSSR count). The van der Waals surface area contributed by atoms with Crippen LogP contribution in [0.5, 0.6) is 0 Å². The number of thiophene rings is 1. The monoisotopic (exact) mass is 686 g/mol. The first kappa shape index (κ1) is 29.9. The maximum atomic E-state index is 4.72. The molecule has 0 N–H and O–H groups in total. The van der Waals surface area contributed by atoms with Gasteiger partial charge >= 0.3 is 0 Å². The third kappa shape index (κ3) is 5.28. The number of hydrogen-bond acceptors (Lipinski definition) is 9. The highest BCUT2D eigenvalue weighted by Crippen LogP contribution is 2.40. The number of rotatable bonds is 6. The smallest absolute Gasteiger partial charge is 0.126 e. The summed E-state index contributed by atoms with van der Waals surface area (Å²) in [7, 11) is 0. The van der Waals surface area contributed by atoms with Crippen molar-refractivity contribution in [2.24, 2.45) is 0 Å². The van der Waals surface area contributed by atoms with E-state index in [1.54, 1.807) is 42.5 Å². The standard InChI is InChI=1S/C43H26N8S/c1-2-35-41-42(52-43(35)48-19-1)40(49-26-50-41)29-7-15-34(16-8-29)51(32-11-3-27(4-12-32)30-9-17-36-38(24-30)46-22-20-44-36)33-13-5-28(6-14-33)31-10-18-37-39(25-31)47-23-21-45-37/h1-26H. The van der Waals surface area contributed by atoms with Crippen LogP contribution >= 0.6 is 11.3 Å². The predicted molar refractivity (Wildman–Crippen MR) is 210 cm³/mol. The van der Waals surface area contributed by atoms with Crippen LogP contribution in [0.4, 0.5) is 17.1 Å². The van der Waals surface area contributed by atoms with Gasteiger partial charge in [-0.1, -0.05) is 48.5 Å². The lowest BCUT2D eigenvalue weighted by molar-refractivity contribution is 1.23. The van der Waals surface area contributed by atoms with E-state index in [2.05, 4.69) is 138 Å². The van der Waals surface area contributed by atoms with E-state index in [-0.39, 0.29) is 0 Å². The van der Waals surface area contributed by atoms with Gasteiger partial charge in [0.15, 0.2) is 0 Å². The third-order valence-electron chi connectivity index (χ3n) is 9.28. The normalized spacial score (nSPS) is 11.5. The van der Waals surface area contributed by atoms with Crippen LogP contribution in [-0.2, 0) is 0 Å². The Hall–Kier alpha value is -6.97. The molecule has 0 atom stereocenters. The SMILES string of the molecule is c1cnc2sc3c(-c4ccc(N(c5ccc(-c6ccc7nccnc7c6)cc5)c5ccc(-c6ccc7nccnc7c6)cc5)cc4)ncnc3c2c1.